The van der Waals surface area contributed by atoms with Crippen LogP contribution in [0.2, 0.25) is 10.6 Å². The van der Waals surface area contributed by atoms with E-state index in [2.05, 4.69) is 138 Å². The number of benzene rings is 5. The first-order chi connectivity index (χ1) is 19.7. The molecule has 1 aliphatic rings. The average Bonchev–Trinajstić information content (AvgIpc) is 3.41. The number of allylic oxidation sites excluding steroid dienone is 2. The standard InChI is InChI=1S/C25H22N2.C13H19B/c26-16-24(22-11-9-18-5-1-3-7-20(18)13-22)15-25(17-27)23-12-10-19-6-2-4-8-21(19)14-23;1-10-6-8-11(9-7-10)14-12(2,3)13(14,4)5/h1-16H,17,26-27H2;6-9H,1-5H3/b24-16+,25-15+;. The molecular formula is C38H41BN2. The van der Waals surface area contributed by atoms with Gasteiger partial charge in [0, 0.05) is 12.7 Å². The number of rotatable bonds is 5. The molecule has 0 atom stereocenters. The van der Waals surface area contributed by atoms with E-state index in [0.717, 1.165) is 29.0 Å². The van der Waals surface area contributed by atoms with Gasteiger partial charge < -0.3 is 11.5 Å². The van der Waals surface area contributed by atoms with Crippen molar-refractivity contribution in [2.75, 3.05) is 6.54 Å². The molecule has 5 aromatic rings. The van der Waals surface area contributed by atoms with Gasteiger partial charge in [0.25, 0.3) is 0 Å². The molecule has 1 fully saturated rings. The van der Waals surface area contributed by atoms with Crippen molar-refractivity contribution in [2.45, 2.75) is 45.2 Å². The van der Waals surface area contributed by atoms with Gasteiger partial charge in [-0.05, 0) is 69.0 Å². The SMILES string of the molecule is Cc1ccc(B2C(C)(C)C2(C)C)cc1.N/C=C(\C=C(/CN)c1ccc2ccccc2c1)c1ccc2ccccc2c1. The predicted octanol–water partition coefficient (Wildman–Crippen LogP) is 8.61. The fourth-order valence-corrected chi connectivity index (χ4v) is 6.22. The van der Waals surface area contributed by atoms with Crippen LogP contribution >= 0.6 is 0 Å². The Bertz CT molecular complexity index is 1730. The molecule has 0 amide bonds. The maximum atomic E-state index is 6.08. The van der Waals surface area contributed by atoms with E-state index in [4.69, 9.17) is 11.5 Å². The molecule has 1 saturated heterocycles. The Kier molecular flexibility index (Phi) is 7.93. The molecule has 206 valence electrons. The summed E-state index contributed by atoms with van der Waals surface area (Å²) in [6.07, 6.45) is 3.75. The monoisotopic (exact) mass is 536 g/mol. The number of fused-ring (bicyclic) bond motifs is 2. The summed E-state index contributed by atoms with van der Waals surface area (Å²) in [5.41, 5.74) is 19.1. The van der Waals surface area contributed by atoms with Crippen LogP contribution in [0, 0.1) is 6.92 Å². The second-order valence-corrected chi connectivity index (χ2v) is 12.4. The van der Waals surface area contributed by atoms with Crippen molar-refractivity contribution in [2.24, 2.45) is 11.5 Å². The first-order valence-corrected chi connectivity index (χ1v) is 14.5. The molecule has 1 aliphatic heterocycles. The van der Waals surface area contributed by atoms with E-state index in [1.165, 1.54) is 32.6 Å². The summed E-state index contributed by atoms with van der Waals surface area (Å²) in [5.74, 6) is 0. The molecular weight excluding hydrogens is 495 g/mol. The van der Waals surface area contributed by atoms with E-state index in [9.17, 15) is 0 Å². The fraction of sp³-hybridized carbons (Fsp3) is 0.211. The summed E-state index contributed by atoms with van der Waals surface area (Å²) in [6, 6.07) is 38.5. The van der Waals surface area contributed by atoms with E-state index < -0.39 is 0 Å². The highest BCUT2D eigenvalue weighted by molar-refractivity contribution is 6.89. The topological polar surface area (TPSA) is 52.0 Å². The van der Waals surface area contributed by atoms with Gasteiger partial charge in [-0.1, -0.05) is 146 Å². The van der Waals surface area contributed by atoms with Gasteiger partial charge in [-0.25, -0.2) is 0 Å². The Labute approximate surface area is 245 Å². The molecule has 0 radical (unpaired) electrons. The van der Waals surface area contributed by atoms with Gasteiger partial charge in [0.15, 0.2) is 6.71 Å². The van der Waals surface area contributed by atoms with Gasteiger partial charge in [0.1, 0.15) is 0 Å². The third-order valence-electron chi connectivity index (χ3n) is 9.36. The van der Waals surface area contributed by atoms with Crippen molar-refractivity contribution < 1.29 is 0 Å². The summed E-state index contributed by atoms with van der Waals surface area (Å²) in [5, 5.41) is 5.77. The Hall–Kier alpha value is -4.08. The van der Waals surface area contributed by atoms with Gasteiger partial charge >= 0.3 is 0 Å². The van der Waals surface area contributed by atoms with Crippen molar-refractivity contribution in [1.82, 2.24) is 0 Å². The van der Waals surface area contributed by atoms with E-state index in [1.54, 1.807) is 6.20 Å². The molecule has 0 saturated carbocycles. The fourth-order valence-electron chi connectivity index (χ4n) is 6.22. The van der Waals surface area contributed by atoms with Gasteiger partial charge in [-0.2, -0.15) is 0 Å². The zero-order valence-corrected chi connectivity index (χ0v) is 25.0. The summed E-state index contributed by atoms with van der Waals surface area (Å²) in [4.78, 5) is 0. The largest absolute Gasteiger partial charge is 0.404 e. The maximum Gasteiger partial charge on any atom is 0.187 e. The third-order valence-corrected chi connectivity index (χ3v) is 9.36. The molecule has 3 heteroatoms. The summed E-state index contributed by atoms with van der Waals surface area (Å²) < 4.78 is 0. The second-order valence-electron chi connectivity index (χ2n) is 12.4. The molecule has 6 rings (SSSR count). The van der Waals surface area contributed by atoms with Gasteiger partial charge in [-0.15, -0.1) is 0 Å². The average molecular weight is 537 g/mol. The predicted molar refractivity (Wildman–Crippen MR) is 182 cm³/mol. The van der Waals surface area contributed by atoms with E-state index in [1.807, 2.05) is 12.1 Å². The number of aryl methyl sites for hydroxylation is 1. The number of hydrogen-bond donors (Lipinski definition) is 2. The molecule has 0 aromatic heterocycles. The third kappa shape index (κ3) is 5.73. The van der Waals surface area contributed by atoms with Crippen LogP contribution in [0.5, 0.6) is 0 Å². The summed E-state index contributed by atoms with van der Waals surface area (Å²) in [7, 11) is 0. The highest BCUT2D eigenvalue weighted by atomic mass is 14.5. The first-order valence-electron chi connectivity index (χ1n) is 14.5. The molecule has 0 aliphatic carbocycles. The molecule has 0 spiro atoms. The lowest BCUT2D eigenvalue weighted by Gasteiger charge is -2.10. The lowest BCUT2D eigenvalue weighted by molar-refractivity contribution is 0.628. The van der Waals surface area contributed by atoms with Crippen LogP contribution in [-0.2, 0) is 0 Å². The Morgan fingerprint density at radius 3 is 1.63 bits per heavy atom. The minimum Gasteiger partial charge on any atom is -0.404 e. The molecule has 1 heterocycles. The van der Waals surface area contributed by atoms with E-state index in [0.29, 0.717) is 17.2 Å². The highest BCUT2D eigenvalue weighted by Gasteiger charge is 2.67. The molecule has 0 unspecified atom stereocenters. The van der Waals surface area contributed by atoms with Gasteiger partial charge in [0.2, 0.25) is 0 Å². The Balaban J connectivity index is 0.000000202. The van der Waals surface area contributed by atoms with Crippen LogP contribution in [-0.4, -0.2) is 13.3 Å². The summed E-state index contributed by atoms with van der Waals surface area (Å²) in [6.45, 7) is 12.8. The van der Waals surface area contributed by atoms with Crippen LogP contribution in [0.25, 0.3) is 32.7 Å². The van der Waals surface area contributed by atoms with Crippen molar-refractivity contribution in [3.8, 4) is 0 Å². The molecule has 0 bridgehead atoms. The van der Waals surface area contributed by atoms with Crippen molar-refractivity contribution in [3.63, 3.8) is 0 Å². The minimum absolute atomic E-state index is 0.448. The minimum atomic E-state index is 0.448. The lowest BCUT2D eigenvalue weighted by Crippen LogP contribution is -2.19. The Morgan fingerprint density at radius 1 is 0.659 bits per heavy atom. The van der Waals surface area contributed by atoms with Crippen LogP contribution < -0.4 is 16.9 Å². The highest BCUT2D eigenvalue weighted by Crippen LogP contribution is 2.73. The zero-order chi connectivity index (χ0) is 29.2. The Morgan fingerprint density at radius 2 is 1.15 bits per heavy atom. The van der Waals surface area contributed by atoms with Gasteiger partial charge in [0.05, 0.1) is 0 Å². The molecule has 4 N–H and O–H groups in total. The van der Waals surface area contributed by atoms with Crippen molar-refractivity contribution in [3.05, 3.63) is 138 Å². The number of hydrogen-bond acceptors (Lipinski definition) is 2. The quantitative estimate of drug-likeness (QED) is 0.175. The van der Waals surface area contributed by atoms with Crippen LogP contribution in [0.1, 0.15) is 44.4 Å². The van der Waals surface area contributed by atoms with Crippen LogP contribution in [0.3, 0.4) is 0 Å². The number of nitrogens with two attached hydrogens (primary N) is 2. The zero-order valence-electron chi connectivity index (χ0n) is 25.0. The molecule has 5 aromatic carbocycles. The summed E-state index contributed by atoms with van der Waals surface area (Å²) >= 11 is 0. The van der Waals surface area contributed by atoms with Gasteiger partial charge in [-0.3, -0.25) is 0 Å². The van der Waals surface area contributed by atoms with Crippen LogP contribution in [0.4, 0.5) is 0 Å². The normalized spacial score (nSPS) is 15.9. The second kappa shape index (κ2) is 11.4. The molecule has 41 heavy (non-hydrogen) atoms. The van der Waals surface area contributed by atoms with Crippen LogP contribution in [0.15, 0.2) is 121 Å². The lowest BCUT2D eigenvalue weighted by atomic mass is 9.53. The van der Waals surface area contributed by atoms with E-state index in [-0.39, 0.29) is 0 Å². The van der Waals surface area contributed by atoms with Crippen molar-refractivity contribution >= 4 is 44.9 Å². The van der Waals surface area contributed by atoms with E-state index >= 15 is 0 Å². The first kappa shape index (κ1) is 28.5. The van der Waals surface area contributed by atoms with Crippen molar-refractivity contribution in [1.29, 1.82) is 0 Å². The molecule has 2 nitrogen and oxygen atoms in total. The smallest absolute Gasteiger partial charge is 0.187 e. The maximum absolute atomic E-state index is 6.08.